The van der Waals surface area contributed by atoms with Gasteiger partial charge in [-0.05, 0) is 62.3 Å². The zero-order chi connectivity index (χ0) is 24.7. The van der Waals surface area contributed by atoms with Crippen LogP contribution in [0.4, 0.5) is 27.3 Å². The lowest BCUT2D eigenvalue weighted by Gasteiger charge is -2.20. The number of pyridine rings is 1. The molecule has 0 amide bonds. The number of likely N-dealkylation sites (N-methyl/N-ethyl adjacent to an activating group) is 1. The molecule has 0 unspecified atom stereocenters. The molecule has 0 bridgehead atoms. The first kappa shape index (κ1) is 23.3. The number of aryl methyl sites for hydroxylation is 1. The van der Waals surface area contributed by atoms with Crippen LogP contribution in [0.3, 0.4) is 0 Å². The average molecular weight is 476 g/mol. The monoisotopic (exact) mass is 475 g/mol. The van der Waals surface area contributed by atoms with E-state index in [1.165, 1.54) is 17.7 Å². The minimum atomic E-state index is -0.508. The second-order valence-corrected chi connectivity index (χ2v) is 9.68. The van der Waals surface area contributed by atoms with Crippen molar-refractivity contribution >= 4 is 28.7 Å². The molecule has 182 valence electrons. The highest BCUT2D eigenvalue weighted by atomic mass is 19.1. The molecule has 8 heteroatoms. The third kappa shape index (κ3) is 4.72. The fourth-order valence-corrected chi connectivity index (χ4v) is 4.88. The Bertz CT molecular complexity index is 1290. The molecule has 0 spiro atoms. The lowest BCUT2D eigenvalue weighted by molar-refractivity contribution is 0.0995. The molecule has 0 aliphatic carbocycles. The number of nitrogens with one attached hydrogen (secondary N) is 2. The first-order valence-electron chi connectivity index (χ1n) is 11.8. The molecule has 3 heterocycles. The van der Waals surface area contributed by atoms with Crippen LogP contribution in [-0.4, -0.2) is 58.9 Å². The number of rotatable bonds is 5. The lowest BCUT2D eigenvalue weighted by atomic mass is 10.0. The average Bonchev–Trinajstić information content (AvgIpc) is 3.22. The number of Topliss-reactive ketones (excluding diaryl/α,β-unsaturated/α-hetero) is 1. The Hall–Kier alpha value is -3.49. The van der Waals surface area contributed by atoms with Gasteiger partial charge in [-0.25, -0.2) is 9.37 Å². The zero-order valence-corrected chi connectivity index (χ0v) is 20.2. The number of phenolic OH excluding ortho intramolecular Hbond substituents is 1. The number of likely N-dealkylation sites (tertiary alicyclic amines) is 1. The fraction of sp³-hybridized carbons (Fsp3) is 0.333. The summed E-state index contributed by atoms with van der Waals surface area (Å²) in [6.45, 7) is 4.58. The predicted molar refractivity (Wildman–Crippen MR) is 135 cm³/mol. The summed E-state index contributed by atoms with van der Waals surface area (Å²) in [6.07, 6.45) is 2.95. The number of carbonyl (C=O) groups is 1. The number of halogens is 1. The van der Waals surface area contributed by atoms with Gasteiger partial charge in [-0.15, -0.1) is 0 Å². The second kappa shape index (κ2) is 9.28. The van der Waals surface area contributed by atoms with E-state index < -0.39 is 5.82 Å². The van der Waals surface area contributed by atoms with E-state index in [4.69, 9.17) is 0 Å². The number of nitrogens with zero attached hydrogens (tertiary/aromatic N) is 3. The minimum absolute atomic E-state index is 0.0201. The van der Waals surface area contributed by atoms with Crippen LogP contribution in [0.5, 0.6) is 5.75 Å². The Morgan fingerprint density at radius 3 is 2.83 bits per heavy atom. The molecule has 1 saturated heterocycles. The molecule has 7 nitrogen and oxygen atoms in total. The van der Waals surface area contributed by atoms with Gasteiger partial charge in [-0.2, -0.15) is 0 Å². The van der Waals surface area contributed by atoms with Gasteiger partial charge in [0.15, 0.2) is 5.78 Å². The van der Waals surface area contributed by atoms with Crippen LogP contribution < -0.4 is 10.6 Å². The Morgan fingerprint density at radius 2 is 2.06 bits per heavy atom. The number of hydrogen-bond acceptors (Lipinski definition) is 7. The molecule has 5 rings (SSSR count). The predicted octanol–water partition coefficient (Wildman–Crippen LogP) is 4.60. The molecular formula is C27H30FN5O2. The van der Waals surface area contributed by atoms with Crippen molar-refractivity contribution in [2.45, 2.75) is 32.4 Å². The number of hydrogen-bond donors (Lipinski definition) is 3. The van der Waals surface area contributed by atoms with Gasteiger partial charge in [-0.3, -0.25) is 9.69 Å². The SMILES string of the molecule is Cc1cc(F)c(Nc2ccnc3c2C(=O)Cc2cc(CN4CC[C@@H](N(C)C)C4)ccc2N3)cc1O. The van der Waals surface area contributed by atoms with E-state index in [2.05, 4.69) is 51.6 Å². The van der Waals surface area contributed by atoms with Crippen molar-refractivity contribution in [1.82, 2.24) is 14.8 Å². The largest absolute Gasteiger partial charge is 0.508 e. The highest BCUT2D eigenvalue weighted by Gasteiger charge is 2.26. The summed E-state index contributed by atoms with van der Waals surface area (Å²) in [7, 11) is 4.25. The van der Waals surface area contributed by atoms with Gasteiger partial charge in [0.05, 0.1) is 16.9 Å². The Kier molecular flexibility index (Phi) is 6.17. The number of aromatic nitrogens is 1. The van der Waals surface area contributed by atoms with E-state index in [0.717, 1.165) is 37.3 Å². The quantitative estimate of drug-likeness (QED) is 0.498. The summed E-state index contributed by atoms with van der Waals surface area (Å²) in [5.74, 6) is -0.208. The molecule has 3 N–H and O–H groups in total. The second-order valence-electron chi connectivity index (χ2n) is 9.68. The first-order chi connectivity index (χ1) is 16.8. The van der Waals surface area contributed by atoms with Crippen LogP contribution in [0.2, 0.25) is 0 Å². The first-order valence-corrected chi connectivity index (χ1v) is 11.8. The number of carbonyl (C=O) groups excluding carboxylic acids is 1. The summed E-state index contributed by atoms with van der Waals surface area (Å²) in [5, 5.41) is 16.3. The molecule has 0 saturated carbocycles. The van der Waals surface area contributed by atoms with Crippen LogP contribution in [-0.2, 0) is 13.0 Å². The Balaban J connectivity index is 1.39. The van der Waals surface area contributed by atoms with Gasteiger partial charge in [0.1, 0.15) is 17.4 Å². The van der Waals surface area contributed by atoms with Crippen molar-refractivity contribution in [1.29, 1.82) is 0 Å². The van der Waals surface area contributed by atoms with Crippen molar-refractivity contribution < 1.29 is 14.3 Å². The van der Waals surface area contributed by atoms with Gasteiger partial charge in [0.25, 0.3) is 0 Å². The van der Waals surface area contributed by atoms with E-state index in [-0.39, 0.29) is 23.6 Å². The molecule has 2 aliphatic heterocycles. The zero-order valence-electron chi connectivity index (χ0n) is 20.2. The van der Waals surface area contributed by atoms with E-state index in [9.17, 15) is 14.3 Å². The maximum absolute atomic E-state index is 14.5. The lowest BCUT2D eigenvalue weighted by Crippen LogP contribution is -2.31. The van der Waals surface area contributed by atoms with Gasteiger partial charge in [0.2, 0.25) is 0 Å². The molecular weight excluding hydrogens is 445 g/mol. The number of anilines is 4. The summed E-state index contributed by atoms with van der Waals surface area (Å²) in [6, 6.07) is 11.0. The topological polar surface area (TPSA) is 80.7 Å². The van der Waals surface area contributed by atoms with Crippen molar-refractivity contribution in [3.05, 3.63) is 70.7 Å². The van der Waals surface area contributed by atoms with Crippen LogP contribution in [0.15, 0.2) is 42.6 Å². The molecule has 1 atom stereocenters. The van der Waals surface area contributed by atoms with Crippen molar-refractivity contribution in [2.24, 2.45) is 0 Å². The summed E-state index contributed by atoms with van der Waals surface area (Å²) < 4.78 is 14.5. The number of fused-ring (bicyclic) bond motifs is 2. The maximum Gasteiger partial charge on any atom is 0.173 e. The third-order valence-corrected chi connectivity index (χ3v) is 6.94. The van der Waals surface area contributed by atoms with Gasteiger partial charge >= 0.3 is 0 Å². The van der Waals surface area contributed by atoms with E-state index in [1.54, 1.807) is 19.2 Å². The van der Waals surface area contributed by atoms with E-state index in [1.807, 2.05) is 6.07 Å². The van der Waals surface area contributed by atoms with Crippen molar-refractivity contribution in [3.63, 3.8) is 0 Å². The third-order valence-electron chi connectivity index (χ3n) is 6.94. The molecule has 1 fully saturated rings. The van der Waals surface area contributed by atoms with Gasteiger partial charge < -0.3 is 20.6 Å². The molecule has 3 aromatic rings. The molecule has 2 aromatic carbocycles. The van der Waals surface area contributed by atoms with Crippen LogP contribution >= 0.6 is 0 Å². The fourth-order valence-electron chi connectivity index (χ4n) is 4.88. The summed E-state index contributed by atoms with van der Waals surface area (Å²) >= 11 is 0. The summed E-state index contributed by atoms with van der Waals surface area (Å²) in [4.78, 5) is 22.5. The Morgan fingerprint density at radius 1 is 1.23 bits per heavy atom. The number of aromatic hydroxyl groups is 1. The summed E-state index contributed by atoms with van der Waals surface area (Å²) in [5.41, 5.74) is 4.28. The smallest absolute Gasteiger partial charge is 0.173 e. The number of ketones is 1. The van der Waals surface area contributed by atoms with Gasteiger partial charge in [-0.1, -0.05) is 12.1 Å². The molecule has 1 aromatic heterocycles. The standard InChI is InChI=1S/C27H30FN5O2/c1-16-10-20(28)23(13-24(16)34)30-22-6-8-29-27-26(22)25(35)12-18-11-17(4-5-21(18)31-27)14-33-9-7-19(15-33)32(2)3/h4-6,8,10-11,13,19,34H,7,9,12,14-15H2,1-3H3,(H2,29,30,31)/t19-/m1/s1. The number of phenols is 1. The van der Waals surface area contributed by atoms with Crippen LogP contribution in [0.1, 0.15) is 33.5 Å². The van der Waals surface area contributed by atoms with Crippen molar-refractivity contribution in [2.75, 3.05) is 37.8 Å². The molecule has 2 aliphatic rings. The Labute approximate surface area is 204 Å². The molecule has 35 heavy (non-hydrogen) atoms. The van der Waals surface area contributed by atoms with Gasteiger partial charge in [0, 0.05) is 50.0 Å². The van der Waals surface area contributed by atoms with E-state index >= 15 is 0 Å². The van der Waals surface area contributed by atoms with Crippen molar-refractivity contribution in [3.8, 4) is 5.75 Å². The highest BCUT2D eigenvalue weighted by molar-refractivity contribution is 6.09. The molecule has 0 radical (unpaired) electrons. The van der Waals surface area contributed by atoms with Crippen LogP contribution in [0, 0.1) is 12.7 Å². The highest BCUT2D eigenvalue weighted by Crippen LogP contribution is 2.36. The normalized spacial score (nSPS) is 17.6. The number of benzene rings is 2. The minimum Gasteiger partial charge on any atom is -0.508 e. The van der Waals surface area contributed by atoms with Crippen LogP contribution in [0.25, 0.3) is 0 Å². The van der Waals surface area contributed by atoms with E-state index in [0.29, 0.717) is 28.7 Å². The maximum atomic E-state index is 14.5.